The number of rotatable bonds is 5. The summed E-state index contributed by atoms with van der Waals surface area (Å²) in [4.78, 5) is 9.60. The third kappa shape index (κ3) is 3.56. The normalized spacial score (nSPS) is 10.9. The Bertz CT molecular complexity index is 1210. The smallest absolute Gasteiger partial charge is 0.197 e. The van der Waals surface area contributed by atoms with Gasteiger partial charge in [0.25, 0.3) is 0 Å². The highest BCUT2D eigenvalue weighted by atomic mass is 35.5. The van der Waals surface area contributed by atoms with Crippen molar-refractivity contribution in [1.82, 2.24) is 19.7 Å². The highest BCUT2D eigenvalue weighted by Crippen LogP contribution is 2.38. The molecule has 0 atom stereocenters. The van der Waals surface area contributed by atoms with Crippen LogP contribution in [0.25, 0.3) is 16.9 Å². The molecule has 4 rings (SSSR count). The summed E-state index contributed by atoms with van der Waals surface area (Å²) < 4.78 is 12.6. The zero-order chi connectivity index (χ0) is 20.5. The van der Waals surface area contributed by atoms with Crippen LogP contribution in [0.1, 0.15) is 11.4 Å². The van der Waals surface area contributed by atoms with Gasteiger partial charge in [0.15, 0.2) is 11.6 Å². The predicted octanol–water partition coefficient (Wildman–Crippen LogP) is 4.85. The number of aromatic nitrogens is 4. The Hall–Kier alpha value is -3.32. The van der Waals surface area contributed by atoms with Gasteiger partial charge in [0.05, 0.1) is 41.7 Å². The van der Waals surface area contributed by atoms with Crippen LogP contribution in [-0.2, 0) is 0 Å². The lowest BCUT2D eigenvalue weighted by atomic mass is 10.2. The highest BCUT2D eigenvalue weighted by Gasteiger charge is 2.17. The van der Waals surface area contributed by atoms with Gasteiger partial charge >= 0.3 is 0 Å². The first kappa shape index (κ1) is 19.0. The maximum absolute atomic E-state index is 6.24. The number of halogens is 1. The Kier molecular flexibility index (Phi) is 4.98. The van der Waals surface area contributed by atoms with E-state index >= 15 is 0 Å². The average molecular weight is 410 g/mol. The fourth-order valence-corrected chi connectivity index (χ4v) is 3.38. The van der Waals surface area contributed by atoms with E-state index in [1.165, 1.54) is 0 Å². The SMILES string of the molecule is COc1cc(Nc2nc3ccccc3nc2-n2nc(C)cc2C)c(OC)cc1Cl. The lowest BCUT2D eigenvalue weighted by Crippen LogP contribution is -2.09. The first-order chi connectivity index (χ1) is 14.0. The van der Waals surface area contributed by atoms with Gasteiger partial charge in [-0.05, 0) is 32.0 Å². The molecule has 2 aromatic carbocycles. The van der Waals surface area contributed by atoms with E-state index in [0.29, 0.717) is 33.8 Å². The third-order valence-corrected chi connectivity index (χ3v) is 4.78. The molecular formula is C21H20ClN5O2. The predicted molar refractivity (Wildman–Crippen MR) is 114 cm³/mol. The molecule has 148 valence electrons. The van der Waals surface area contributed by atoms with Crippen LogP contribution in [-0.4, -0.2) is 34.0 Å². The Morgan fingerprint density at radius 2 is 1.62 bits per heavy atom. The summed E-state index contributed by atoms with van der Waals surface area (Å²) in [5, 5.41) is 8.36. The summed E-state index contributed by atoms with van der Waals surface area (Å²) in [5.41, 5.74) is 4.05. The summed E-state index contributed by atoms with van der Waals surface area (Å²) in [6.45, 7) is 3.92. The lowest BCUT2D eigenvalue weighted by Gasteiger charge is -2.16. The van der Waals surface area contributed by atoms with E-state index in [9.17, 15) is 0 Å². The van der Waals surface area contributed by atoms with Crippen molar-refractivity contribution < 1.29 is 9.47 Å². The van der Waals surface area contributed by atoms with E-state index in [0.717, 1.165) is 22.4 Å². The van der Waals surface area contributed by atoms with Gasteiger partial charge < -0.3 is 14.8 Å². The van der Waals surface area contributed by atoms with Gasteiger partial charge in [-0.1, -0.05) is 23.7 Å². The fourth-order valence-electron chi connectivity index (χ4n) is 3.15. The molecule has 0 radical (unpaired) electrons. The van der Waals surface area contributed by atoms with Gasteiger partial charge in [-0.3, -0.25) is 0 Å². The molecule has 2 aromatic heterocycles. The number of nitrogens with one attached hydrogen (secondary N) is 1. The number of benzene rings is 2. The van der Waals surface area contributed by atoms with Crippen LogP contribution in [0.2, 0.25) is 5.02 Å². The van der Waals surface area contributed by atoms with Crippen LogP contribution < -0.4 is 14.8 Å². The van der Waals surface area contributed by atoms with Crippen molar-refractivity contribution in [3.05, 3.63) is 58.9 Å². The number of nitrogens with zero attached hydrogens (tertiary/aromatic N) is 4. The van der Waals surface area contributed by atoms with E-state index in [4.69, 9.17) is 31.0 Å². The van der Waals surface area contributed by atoms with E-state index in [1.807, 2.05) is 44.2 Å². The number of aryl methyl sites for hydroxylation is 2. The molecule has 8 heteroatoms. The lowest BCUT2D eigenvalue weighted by molar-refractivity contribution is 0.405. The Balaban J connectivity index is 1.91. The number of para-hydroxylation sites is 2. The first-order valence-electron chi connectivity index (χ1n) is 8.99. The van der Waals surface area contributed by atoms with Gasteiger partial charge in [-0.2, -0.15) is 5.10 Å². The second-order valence-corrected chi connectivity index (χ2v) is 6.94. The van der Waals surface area contributed by atoms with Crippen LogP contribution in [0.5, 0.6) is 11.5 Å². The first-order valence-corrected chi connectivity index (χ1v) is 9.37. The monoisotopic (exact) mass is 409 g/mol. The molecule has 0 unspecified atom stereocenters. The van der Waals surface area contributed by atoms with E-state index in [-0.39, 0.29) is 0 Å². The maximum Gasteiger partial charge on any atom is 0.197 e. The maximum atomic E-state index is 6.24. The molecule has 29 heavy (non-hydrogen) atoms. The molecule has 1 N–H and O–H groups in total. The van der Waals surface area contributed by atoms with Crippen LogP contribution >= 0.6 is 11.6 Å². The minimum Gasteiger partial charge on any atom is -0.495 e. The number of hydrogen-bond acceptors (Lipinski definition) is 6. The molecule has 0 aliphatic rings. The van der Waals surface area contributed by atoms with Gasteiger partial charge in [-0.15, -0.1) is 0 Å². The molecule has 0 fully saturated rings. The zero-order valence-electron chi connectivity index (χ0n) is 16.5. The Labute approximate surface area is 173 Å². The molecule has 0 amide bonds. The zero-order valence-corrected chi connectivity index (χ0v) is 17.3. The van der Waals surface area contributed by atoms with Crippen molar-refractivity contribution in [2.75, 3.05) is 19.5 Å². The molecule has 0 saturated heterocycles. The van der Waals surface area contributed by atoms with E-state index in [1.54, 1.807) is 31.0 Å². The second kappa shape index (κ2) is 7.60. The number of anilines is 2. The fraction of sp³-hybridized carbons (Fsp3) is 0.190. The Morgan fingerprint density at radius 1 is 0.931 bits per heavy atom. The van der Waals surface area contributed by atoms with Crippen LogP contribution in [0, 0.1) is 13.8 Å². The minimum atomic E-state index is 0.457. The number of ether oxygens (including phenoxy) is 2. The van der Waals surface area contributed by atoms with Crippen LogP contribution in [0.4, 0.5) is 11.5 Å². The van der Waals surface area contributed by atoms with Crippen molar-refractivity contribution in [2.24, 2.45) is 0 Å². The summed E-state index contributed by atoms with van der Waals surface area (Å²) in [6, 6.07) is 13.2. The van der Waals surface area contributed by atoms with Crippen molar-refractivity contribution in [3.8, 4) is 17.3 Å². The molecule has 7 nitrogen and oxygen atoms in total. The largest absolute Gasteiger partial charge is 0.495 e. The van der Waals surface area contributed by atoms with Crippen LogP contribution in [0.15, 0.2) is 42.5 Å². The van der Waals surface area contributed by atoms with Crippen molar-refractivity contribution >= 4 is 34.1 Å². The highest BCUT2D eigenvalue weighted by molar-refractivity contribution is 6.32. The standard InChI is InChI=1S/C21H20ClN5O2/c1-12-9-13(2)27(26-12)21-20(23-15-7-5-6-8-16(15)25-21)24-17-11-18(28-3)14(22)10-19(17)29-4/h5-11H,1-4H3,(H,23,24). The molecule has 0 bridgehead atoms. The number of methoxy groups -OCH3 is 2. The molecule has 4 aromatic rings. The average Bonchev–Trinajstić information content (AvgIpc) is 3.06. The second-order valence-electron chi connectivity index (χ2n) is 6.54. The van der Waals surface area contributed by atoms with Gasteiger partial charge in [0, 0.05) is 17.8 Å². The molecule has 0 aliphatic carbocycles. The van der Waals surface area contributed by atoms with Gasteiger partial charge in [0.1, 0.15) is 11.5 Å². The number of hydrogen-bond donors (Lipinski definition) is 1. The summed E-state index contributed by atoms with van der Waals surface area (Å²) in [6.07, 6.45) is 0. The quantitative estimate of drug-likeness (QED) is 0.508. The van der Waals surface area contributed by atoms with Crippen LogP contribution in [0.3, 0.4) is 0 Å². The van der Waals surface area contributed by atoms with Crippen molar-refractivity contribution in [2.45, 2.75) is 13.8 Å². The summed E-state index contributed by atoms with van der Waals surface area (Å²) in [7, 11) is 3.14. The van der Waals surface area contributed by atoms with E-state index < -0.39 is 0 Å². The topological polar surface area (TPSA) is 74.1 Å². The van der Waals surface area contributed by atoms with Crippen molar-refractivity contribution in [3.63, 3.8) is 0 Å². The third-order valence-electron chi connectivity index (χ3n) is 4.49. The molecule has 0 aliphatic heterocycles. The van der Waals surface area contributed by atoms with Crippen molar-refractivity contribution in [1.29, 1.82) is 0 Å². The number of fused-ring (bicyclic) bond motifs is 1. The minimum absolute atomic E-state index is 0.457. The molecule has 0 saturated carbocycles. The molecule has 0 spiro atoms. The molecule has 2 heterocycles. The summed E-state index contributed by atoms with van der Waals surface area (Å²) in [5.74, 6) is 2.21. The van der Waals surface area contributed by atoms with Gasteiger partial charge in [-0.25, -0.2) is 14.6 Å². The molecular weight excluding hydrogens is 390 g/mol. The van der Waals surface area contributed by atoms with Gasteiger partial charge in [0.2, 0.25) is 0 Å². The summed E-state index contributed by atoms with van der Waals surface area (Å²) >= 11 is 6.24. The van der Waals surface area contributed by atoms with E-state index in [2.05, 4.69) is 10.4 Å². The Morgan fingerprint density at radius 3 is 2.24 bits per heavy atom.